The van der Waals surface area contributed by atoms with Gasteiger partial charge >= 0.3 is 6.18 Å². The zero-order chi connectivity index (χ0) is 13.9. The number of ether oxygens (including phenoxy) is 1. The number of para-hydroxylation sites is 1. The molecule has 2 nitrogen and oxygen atoms in total. The van der Waals surface area contributed by atoms with E-state index in [1.807, 2.05) is 6.07 Å². The van der Waals surface area contributed by atoms with Crippen LogP contribution in [0.1, 0.15) is 43.6 Å². The molecule has 0 spiro atoms. The van der Waals surface area contributed by atoms with Gasteiger partial charge < -0.3 is 10.5 Å². The molecule has 0 amide bonds. The standard InChI is InChI=1S/C14H18F3NO/c15-14(16,17)9-19-13-11(7-4-8-12(13)18)10-5-2-1-3-6-10/h4,7-8,10H,1-3,5-6,9,18H2. The summed E-state index contributed by atoms with van der Waals surface area (Å²) >= 11 is 0. The molecule has 106 valence electrons. The second-order valence-electron chi connectivity index (χ2n) is 5.00. The molecule has 1 fully saturated rings. The molecule has 1 saturated carbocycles. The summed E-state index contributed by atoms with van der Waals surface area (Å²) in [6.07, 6.45) is 1.05. The summed E-state index contributed by atoms with van der Waals surface area (Å²) in [6, 6.07) is 5.19. The first-order valence-electron chi connectivity index (χ1n) is 6.55. The maximum Gasteiger partial charge on any atom is 0.422 e. The minimum atomic E-state index is -4.34. The van der Waals surface area contributed by atoms with Crippen molar-refractivity contribution in [1.82, 2.24) is 0 Å². The molecule has 2 rings (SSSR count). The molecular formula is C14H18F3NO. The number of anilines is 1. The zero-order valence-corrected chi connectivity index (χ0v) is 10.7. The van der Waals surface area contributed by atoms with Crippen LogP contribution in [0.15, 0.2) is 18.2 Å². The molecule has 0 bridgehead atoms. The Kier molecular flexibility index (Phi) is 4.22. The Bertz CT molecular complexity index is 425. The van der Waals surface area contributed by atoms with Gasteiger partial charge in [-0.3, -0.25) is 0 Å². The van der Waals surface area contributed by atoms with Crippen LogP contribution in [0, 0.1) is 0 Å². The molecule has 2 N–H and O–H groups in total. The van der Waals surface area contributed by atoms with Crippen LogP contribution in [-0.4, -0.2) is 12.8 Å². The van der Waals surface area contributed by atoms with E-state index in [0.29, 0.717) is 0 Å². The molecule has 0 aliphatic heterocycles. The van der Waals surface area contributed by atoms with E-state index in [1.165, 1.54) is 6.42 Å². The number of rotatable bonds is 3. The lowest BCUT2D eigenvalue weighted by Crippen LogP contribution is -2.21. The number of benzene rings is 1. The molecular weight excluding hydrogens is 255 g/mol. The molecule has 0 heterocycles. The molecule has 0 radical (unpaired) electrons. The Labute approximate surface area is 110 Å². The van der Waals surface area contributed by atoms with Crippen LogP contribution < -0.4 is 10.5 Å². The highest BCUT2D eigenvalue weighted by atomic mass is 19.4. The highest BCUT2D eigenvalue weighted by Crippen LogP contribution is 2.40. The summed E-state index contributed by atoms with van der Waals surface area (Å²) in [5.41, 5.74) is 6.87. The molecule has 19 heavy (non-hydrogen) atoms. The van der Waals surface area contributed by atoms with Gasteiger partial charge in [-0.05, 0) is 30.4 Å². The predicted molar refractivity (Wildman–Crippen MR) is 68.2 cm³/mol. The van der Waals surface area contributed by atoms with Gasteiger partial charge in [0.05, 0.1) is 5.69 Å². The Morgan fingerprint density at radius 2 is 1.84 bits per heavy atom. The fourth-order valence-electron chi connectivity index (χ4n) is 2.63. The van der Waals surface area contributed by atoms with Crippen molar-refractivity contribution in [3.63, 3.8) is 0 Å². The van der Waals surface area contributed by atoms with Gasteiger partial charge in [-0.2, -0.15) is 13.2 Å². The van der Waals surface area contributed by atoms with Gasteiger partial charge in [0.1, 0.15) is 5.75 Å². The normalized spacial score (nSPS) is 17.4. The molecule has 0 unspecified atom stereocenters. The van der Waals surface area contributed by atoms with Gasteiger partial charge in [-0.15, -0.1) is 0 Å². The van der Waals surface area contributed by atoms with E-state index in [4.69, 9.17) is 10.5 Å². The van der Waals surface area contributed by atoms with Crippen LogP contribution in [-0.2, 0) is 0 Å². The van der Waals surface area contributed by atoms with Gasteiger partial charge in [0.25, 0.3) is 0 Å². The van der Waals surface area contributed by atoms with Gasteiger partial charge in [0.15, 0.2) is 6.61 Å². The average Bonchev–Trinajstić information content (AvgIpc) is 2.37. The summed E-state index contributed by atoms with van der Waals surface area (Å²) in [5, 5.41) is 0. The average molecular weight is 273 g/mol. The summed E-state index contributed by atoms with van der Waals surface area (Å²) < 4.78 is 41.8. The van der Waals surface area contributed by atoms with Crippen LogP contribution in [0.2, 0.25) is 0 Å². The number of alkyl halides is 3. The van der Waals surface area contributed by atoms with Crippen LogP contribution in [0.5, 0.6) is 5.75 Å². The van der Waals surface area contributed by atoms with Gasteiger partial charge in [0.2, 0.25) is 0 Å². The lowest BCUT2D eigenvalue weighted by Gasteiger charge is -2.25. The van der Waals surface area contributed by atoms with E-state index in [2.05, 4.69) is 0 Å². The third-order valence-electron chi connectivity index (χ3n) is 3.50. The second kappa shape index (κ2) is 5.72. The van der Waals surface area contributed by atoms with E-state index in [1.54, 1.807) is 12.1 Å². The van der Waals surface area contributed by atoms with E-state index >= 15 is 0 Å². The fraction of sp³-hybridized carbons (Fsp3) is 0.571. The smallest absolute Gasteiger partial charge is 0.422 e. The fourth-order valence-corrected chi connectivity index (χ4v) is 2.63. The molecule has 1 aromatic rings. The van der Waals surface area contributed by atoms with E-state index in [0.717, 1.165) is 31.2 Å². The Morgan fingerprint density at radius 1 is 1.16 bits per heavy atom. The van der Waals surface area contributed by atoms with Crippen LogP contribution >= 0.6 is 0 Å². The van der Waals surface area contributed by atoms with Gasteiger partial charge in [-0.25, -0.2) is 0 Å². The molecule has 0 saturated heterocycles. The van der Waals surface area contributed by atoms with Crippen molar-refractivity contribution >= 4 is 5.69 Å². The largest absolute Gasteiger partial charge is 0.482 e. The highest BCUT2D eigenvalue weighted by Gasteiger charge is 2.30. The van der Waals surface area contributed by atoms with Crippen molar-refractivity contribution in [2.24, 2.45) is 0 Å². The number of nitrogens with two attached hydrogens (primary N) is 1. The van der Waals surface area contributed by atoms with E-state index in [-0.39, 0.29) is 17.4 Å². The van der Waals surface area contributed by atoms with Crippen molar-refractivity contribution in [2.75, 3.05) is 12.3 Å². The minimum Gasteiger partial charge on any atom is -0.482 e. The molecule has 0 atom stereocenters. The second-order valence-corrected chi connectivity index (χ2v) is 5.00. The lowest BCUT2D eigenvalue weighted by atomic mass is 9.83. The van der Waals surface area contributed by atoms with Crippen molar-refractivity contribution in [2.45, 2.75) is 44.2 Å². The number of hydrogen-bond acceptors (Lipinski definition) is 2. The van der Waals surface area contributed by atoms with E-state index < -0.39 is 12.8 Å². The highest BCUT2D eigenvalue weighted by molar-refractivity contribution is 5.57. The zero-order valence-electron chi connectivity index (χ0n) is 10.7. The monoisotopic (exact) mass is 273 g/mol. The van der Waals surface area contributed by atoms with Crippen LogP contribution in [0.4, 0.5) is 18.9 Å². The number of halogens is 3. The molecule has 1 aliphatic rings. The first kappa shape index (κ1) is 14.0. The summed E-state index contributed by atoms with van der Waals surface area (Å²) in [4.78, 5) is 0. The molecule has 0 aromatic heterocycles. The Balaban J connectivity index is 2.20. The Morgan fingerprint density at radius 3 is 2.47 bits per heavy atom. The van der Waals surface area contributed by atoms with Crippen molar-refractivity contribution in [1.29, 1.82) is 0 Å². The first-order valence-corrected chi connectivity index (χ1v) is 6.55. The van der Waals surface area contributed by atoms with Crippen LogP contribution in [0.3, 0.4) is 0 Å². The summed E-state index contributed by atoms with van der Waals surface area (Å²) in [5.74, 6) is 0.479. The maximum atomic E-state index is 12.3. The van der Waals surface area contributed by atoms with Crippen molar-refractivity contribution in [3.05, 3.63) is 23.8 Å². The summed E-state index contributed by atoms with van der Waals surface area (Å²) in [7, 11) is 0. The van der Waals surface area contributed by atoms with Crippen molar-refractivity contribution < 1.29 is 17.9 Å². The number of nitrogen functional groups attached to an aromatic ring is 1. The molecule has 5 heteroatoms. The molecule has 1 aromatic carbocycles. The van der Waals surface area contributed by atoms with E-state index in [9.17, 15) is 13.2 Å². The predicted octanol–water partition coefficient (Wildman–Crippen LogP) is 4.26. The maximum absolute atomic E-state index is 12.3. The number of hydrogen-bond donors (Lipinski definition) is 1. The third kappa shape index (κ3) is 3.78. The first-order chi connectivity index (χ1) is 8.97. The van der Waals surface area contributed by atoms with Gasteiger partial charge in [-0.1, -0.05) is 31.4 Å². The Hall–Kier alpha value is -1.39. The van der Waals surface area contributed by atoms with Crippen molar-refractivity contribution in [3.8, 4) is 5.75 Å². The minimum absolute atomic E-state index is 0.215. The third-order valence-corrected chi connectivity index (χ3v) is 3.50. The lowest BCUT2D eigenvalue weighted by molar-refractivity contribution is -0.153. The topological polar surface area (TPSA) is 35.2 Å². The molecule has 1 aliphatic carbocycles. The van der Waals surface area contributed by atoms with Gasteiger partial charge in [0, 0.05) is 0 Å². The van der Waals surface area contributed by atoms with Crippen LogP contribution in [0.25, 0.3) is 0 Å². The SMILES string of the molecule is Nc1cccc(C2CCCCC2)c1OCC(F)(F)F. The summed E-state index contributed by atoms with van der Waals surface area (Å²) in [6.45, 7) is -1.29. The quantitative estimate of drug-likeness (QED) is 0.835.